The largest absolute Gasteiger partial charge is 0.444 e. The Morgan fingerprint density at radius 3 is 2.43 bits per heavy atom. The summed E-state index contributed by atoms with van der Waals surface area (Å²) < 4.78 is 5.35. The Morgan fingerprint density at radius 2 is 1.91 bits per heavy atom. The van der Waals surface area contributed by atoms with Crippen molar-refractivity contribution in [2.24, 2.45) is 0 Å². The summed E-state index contributed by atoms with van der Waals surface area (Å²) in [7, 11) is 0. The van der Waals surface area contributed by atoms with Crippen molar-refractivity contribution in [3.8, 4) is 0 Å². The van der Waals surface area contributed by atoms with E-state index in [4.69, 9.17) is 4.74 Å². The first-order valence-electron chi connectivity index (χ1n) is 7.92. The summed E-state index contributed by atoms with van der Waals surface area (Å²) in [6, 6.07) is 3.14. The summed E-state index contributed by atoms with van der Waals surface area (Å²) in [4.78, 5) is 24.2. The van der Waals surface area contributed by atoms with Gasteiger partial charge in [-0.1, -0.05) is 13.8 Å². The fraction of sp³-hybridized carbons (Fsp3) is 0.588. The van der Waals surface area contributed by atoms with Crippen molar-refractivity contribution in [3.05, 3.63) is 38.9 Å². The minimum Gasteiger partial charge on any atom is -0.444 e. The number of nitro benzene ring substituents is 1. The van der Waals surface area contributed by atoms with Crippen LogP contribution in [-0.2, 0) is 17.7 Å². The smallest absolute Gasteiger partial charge is 0.410 e. The van der Waals surface area contributed by atoms with Crippen LogP contribution in [-0.4, -0.2) is 28.1 Å². The molecule has 1 aliphatic rings. The number of nitro groups is 1. The maximum absolute atomic E-state index is 12.1. The normalized spacial score (nSPS) is 13.6. The van der Waals surface area contributed by atoms with Crippen molar-refractivity contribution in [1.29, 1.82) is 0 Å². The minimum absolute atomic E-state index is 0.0669. The first kappa shape index (κ1) is 18.9. The van der Waals surface area contributed by atoms with Crippen molar-refractivity contribution in [3.63, 3.8) is 0 Å². The summed E-state index contributed by atoms with van der Waals surface area (Å²) in [5.74, 6) is 0. The number of rotatable bonds is 1. The number of ether oxygens (including phenoxy) is 1. The van der Waals surface area contributed by atoms with Crippen molar-refractivity contribution < 1.29 is 14.5 Å². The molecule has 1 aromatic carbocycles. The van der Waals surface area contributed by atoms with E-state index < -0.39 is 10.5 Å². The Kier molecular flexibility index (Phi) is 6.12. The molecule has 6 nitrogen and oxygen atoms in total. The van der Waals surface area contributed by atoms with Crippen LogP contribution in [0.5, 0.6) is 0 Å². The molecule has 0 aromatic heterocycles. The number of non-ortho nitro benzene ring substituents is 1. The molecule has 0 bridgehead atoms. The van der Waals surface area contributed by atoms with E-state index in [1.165, 1.54) is 0 Å². The molecule has 0 radical (unpaired) electrons. The second-order valence-electron chi connectivity index (χ2n) is 6.31. The summed E-state index contributed by atoms with van der Waals surface area (Å²) in [6.07, 6.45) is 0.315. The summed E-state index contributed by atoms with van der Waals surface area (Å²) in [6.45, 7) is 12.2. The number of aryl methyl sites for hydroxylation is 1. The topological polar surface area (TPSA) is 72.7 Å². The fourth-order valence-electron chi connectivity index (χ4n) is 2.49. The lowest BCUT2D eigenvalue weighted by Gasteiger charge is -2.31. The average Bonchev–Trinajstić information content (AvgIpc) is 2.46. The minimum atomic E-state index is -0.546. The third-order valence-electron chi connectivity index (χ3n) is 3.41. The number of benzene rings is 1. The Balaban J connectivity index is 0.00000127. The number of amides is 1. The molecule has 1 amide bonds. The monoisotopic (exact) mass is 322 g/mol. The highest BCUT2D eigenvalue weighted by atomic mass is 16.6. The highest BCUT2D eigenvalue weighted by Gasteiger charge is 2.27. The zero-order chi connectivity index (χ0) is 17.8. The molecular formula is C17H26N2O4. The molecule has 0 aliphatic carbocycles. The number of carbonyl (C=O) groups is 1. The van der Waals surface area contributed by atoms with Gasteiger partial charge in [-0.2, -0.15) is 0 Å². The predicted molar refractivity (Wildman–Crippen MR) is 89.5 cm³/mol. The van der Waals surface area contributed by atoms with Gasteiger partial charge in [0.2, 0.25) is 0 Å². The molecule has 1 heterocycles. The second-order valence-corrected chi connectivity index (χ2v) is 6.31. The lowest BCUT2D eigenvalue weighted by molar-refractivity contribution is -0.385. The van der Waals surface area contributed by atoms with Crippen LogP contribution in [0.15, 0.2) is 12.1 Å². The first-order valence-corrected chi connectivity index (χ1v) is 7.92. The zero-order valence-electron chi connectivity index (χ0n) is 14.8. The van der Waals surface area contributed by atoms with E-state index in [9.17, 15) is 14.9 Å². The second kappa shape index (κ2) is 7.44. The van der Waals surface area contributed by atoms with Gasteiger partial charge in [0.25, 0.3) is 5.69 Å². The lowest BCUT2D eigenvalue weighted by Crippen LogP contribution is -2.40. The third-order valence-corrected chi connectivity index (χ3v) is 3.41. The maximum Gasteiger partial charge on any atom is 0.410 e. The number of fused-ring (bicyclic) bond motifs is 1. The van der Waals surface area contributed by atoms with Crippen LogP contribution < -0.4 is 0 Å². The van der Waals surface area contributed by atoms with Crippen molar-refractivity contribution in [1.82, 2.24) is 4.90 Å². The van der Waals surface area contributed by atoms with Crippen LogP contribution in [0.4, 0.5) is 10.5 Å². The summed E-state index contributed by atoms with van der Waals surface area (Å²) in [5.41, 5.74) is 2.36. The van der Waals surface area contributed by atoms with Gasteiger partial charge in [-0.3, -0.25) is 10.1 Å². The van der Waals surface area contributed by atoms with Crippen LogP contribution in [0, 0.1) is 17.0 Å². The molecule has 0 spiro atoms. The van der Waals surface area contributed by atoms with E-state index >= 15 is 0 Å². The third kappa shape index (κ3) is 4.94. The van der Waals surface area contributed by atoms with E-state index in [1.807, 2.05) is 41.5 Å². The molecule has 2 rings (SSSR count). The van der Waals surface area contributed by atoms with Crippen LogP contribution in [0.1, 0.15) is 51.3 Å². The molecule has 6 heteroatoms. The number of hydrogen-bond acceptors (Lipinski definition) is 4. The molecule has 128 valence electrons. The van der Waals surface area contributed by atoms with Gasteiger partial charge in [0.1, 0.15) is 5.60 Å². The van der Waals surface area contributed by atoms with Crippen LogP contribution in [0.2, 0.25) is 0 Å². The summed E-state index contributed by atoms with van der Waals surface area (Å²) in [5, 5.41) is 10.9. The molecule has 23 heavy (non-hydrogen) atoms. The van der Waals surface area contributed by atoms with E-state index in [-0.39, 0.29) is 11.8 Å². The van der Waals surface area contributed by atoms with Crippen LogP contribution in [0.25, 0.3) is 0 Å². The van der Waals surface area contributed by atoms with E-state index in [2.05, 4.69) is 0 Å². The Morgan fingerprint density at radius 1 is 1.30 bits per heavy atom. The van der Waals surface area contributed by atoms with Crippen LogP contribution >= 0.6 is 0 Å². The fourth-order valence-corrected chi connectivity index (χ4v) is 2.49. The van der Waals surface area contributed by atoms with Crippen molar-refractivity contribution in [2.75, 3.05) is 6.54 Å². The SMILES string of the molecule is CC.Cc1cc([N+](=O)[O-])cc2c1CCN(C(=O)OC(C)(C)C)C2. The van der Waals surface area contributed by atoms with E-state index in [1.54, 1.807) is 17.0 Å². The van der Waals surface area contributed by atoms with Gasteiger partial charge in [0, 0.05) is 25.2 Å². The van der Waals surface area contributed by atoms with Gasteiger partial charge in [-0.25, -0.2) is 4.79 Å². The molecule has 1 aromatic rings. The molecule has 0 saturated heterocycles. The number of nitrogens with zero attached hydrogens (tertiary/aromatic N) is 2. The average molecular weight is 322 g/mol. The summed E-state index contributed by atoms with van der Waals surface area (Å²) >= 11 is 0. The predicted octanol–water partition coefficient (Wildman–Crippen LogP) is 4.22. The van der Waals surface area contributed by atoms with Gasteiger partial charge in [-0.05, 0) is 50.8 Å². The first-order chi connectivity index (χ1) is 10.7. The van der Waals surface area contributed by atoms with Gasteiger partial charge in [-0.15, -0.1) is 0 Å². The number of carbonyl (C=O) groups excluding carboxylic acids is 1. The van der Waals surface area contributed by atoms with E-state index in [0.29, 0.717) is 19.5 Å². The molecule has 0 fully saturated rings. The molecule has 0 saturated carbocycles. The molecule has 0 N–H and O–H groups in total. The molecule has 0 unspecified atom stereocenters. The Hall–Kier alpha value is -2.11. The van der Waals surface area contributed by atoms with Gasteiger partial charge in [0.15, 0.2) is 0 Å². The maximum atomic E-state index is 12.1. The highest BCUT2D eigenvalue weighted by molar-refractivity contribution is 5.69. The highest BCUT2D eigenvalue weighted by Crippen LogP contribution is 2.28. The standard InChI is InChI=1S/C15H20N2O4.C2H6/c1-10-7-12(17(19)20)8-11-9-16(6-5-13(10)11)14(18)21-15(2,3)4;1-2/h7-8H,5-6,9H2,1-4H3;1-2H3. The van der Waals surface area contributed by atoms with Gasteiger partial charge < -0.3 is 9.64 Å². The van der Waals surface area contributed by atoms with Gasteiger partial charge >= 0.3 is 6.09 Å². The van der Waals surface area contributed by atoms with Crippen molar-refractivity contribution >= 4 is 11.8 Å². The quantitative estimate of drug-likeness (QED) is 0.573. The lowest BCUT2D eigenvalue weighted by atomic mass is 9.94. The Labute approximate surface area is 137 Å². The van der Waals surface area contributed by atoms with Gasteiger partial charge in [0.05, 0.1) is 4.92 Å². The zero-order valence-corrected chi connectivity index (χ0v) is 14.8. The molecular weight excluding hydrogens is 296 g/mol. The number of hydrogen-bond donors (Lipinski definition) is 0. The Bertz CT molecular complexity index is 591. The van der Waals surface area contributed by atoms with Crippen molar-refractivity contribution in [2.45, 2.75) is 60.1 Å². The molecule has 1 aliphatic heterocycles. The van der Waals surface area contributed by atoms with Crippen LogP contribution in [0.3, 0.4) is 0 Å². The van der Waals surface area contributed by atoms with E-state index in [0.717, 1.165) is 16.7 Å². The molecule has 0 atom stereocenters.